The summed E-state index contributed by atoms with van der Waals surface area (Å²) in [5.41, 5.74) is 5.22. The molecule has 146 heavy (non-hydrogen) atoms. The van der Waals surface area contributed by atoms with Crippen molar-refractivity contribution in [1.82, 2.24) is 31.5 Å². The van der Waals surface area contributed by atoms with E-state index in [9.17, 15) is 52.3 Å². The van der Waals surface area contributed by atoms with Gasteiger partial charge in [0.25, 0.3) is 0 Å². The third-order valence-corrected chi connectivity index (χ3v) is 30.7. The van der Waals surface area contributed by atoms with E-state index in [0.717, 1.165) is 147 Å². The van der Waals surface area contributed by atoms with Gasteiger partial charge < -0.3 is 55.3 Å². The highest BCUT2D eigenvalue weighted by atomic mass is 35.5. The zero-order valence-corrected chi connectivity index (χ0v) is 89.4. The fourth-order valence-electron chi connectivity index (χ4n) is 18.6. The number of methoxy groups -OCH3 is 2. The Morgan fingerprint density at radius 3 is 1.16 bits per heavy atom. The van der Waals surface area contributed by atoms with Crippen molar-refractivity contribution in [2.45, 2.75) is 210 Å². The lowest BCUT2D eigenvalue weighted by atomic mass is 9.95. The number of anilines is 5. The molecule has 0 saturated heterocycles. The molecular formula is C111H127Cl5FN11O14S4. The molecule has 0 radical (unpaired) electrons. The van der Waals surface area contributed by atoms with Gasteiger partial charge in [-0.15, -0.1) is 103 Å². The Morgan fingerprint density at radius 1 is 0.363 bits per heavy atom. The number of carbonyl (C=O) groups excluding carboxylic acids is 10. The minimum absolute atomic E-state index is 0.0277. The van der Waals surface area contributed by atoms with E-state index in [-0.39, 0.29) is 126 Å². The third kappa shape index (κ3) is 31.7. The number of alkyl halides is 5. The van der Waals surface area contributed by atoms with Crippen LogP contribution in [0.15, 0.2) is 246 Å². The maximum absolute atomic E-state index is 14.8. The minimum atomic E-state index is -1.22. The zero-order valence-electron chi connectivity index (χ0n) is 82.4. The molecule has 776 valence electrons. The summed E-state index contributed by atoms with van der Waals surface area (Å²) in [5, 5.41) is 23.2. The summed E-state index contributed by atoms with van der Waals surface area (Å²) < 4.78 is 36.3. The van der Waals surface area contributed by atoms with Crippen LogP contribution in [0.4, 0.5) is 32.8 Å². The summed E-state index contributed by atoms with van der Waals surface area (Å²) in [5.74, 6) is -2.34. The van der Waals surface area contributed by atoms with Crippen molar-refractivity contribution in [2.24, 2.45) is 0 Å². The zero-order chi connectivity index (χ0) is 104. The Hall–Kier alpha value is -11.6. The van der Waals surface area contributed by atoms with Crippen LogP contribution in [-0.4, -0.2) is 152 Å². The van der Waals surface area contributed by atoms with E-state index >= 15 is 0 Å². The number of nitrogens with one attached hydrogen (secondary N) is 5. The molecule has 35 heteroatoms. The predicted octanol–water partition coefficient (Wildman–Crippen LogP) is 23.1. The molecule has 5 unspecified atom stereocenters. The summed E-state index contributed by atoms with van der Waals surface area (Å²) >= 11 is 35.5. The molecule has 4 fully saturated rings. The van der Waals surface area contributed by atoms with Gasteiger partial charge in [-0.2, -0.15) is 0 Å². The predicted molar refractivity (Wildman–Crippen MR) is 585 cm³/mol. The Balaban J connectivity index is 0.000000163. The lowest BCUT2D eigenvalue weighted by Crippen LogP contribution is -2.47. The van der Waals surface area contributed by atoms with Crippen LogP contribution in [0, 0.1) is 5.82 Å². The van der Waals surface area contributed by atoms with Crippen LogP contribution in [0.3, 0.4) is 0 Å². The van der Waals surface area contributed by atoms with Gasteiger partial charge in [0.15, 0.2) is 11.5 Å². The third-order valence-electron chi connectivity index (χ3n) is 25.9. The van der Waals surface area contributed by atoms with Crippen molar-refractivity contribution in [1.29, 1.82) is 0 Å². The van der Waals surface area contributed by atoms with Crippen LogP contribution in [0.5, 0.6) is 23.0 Å². The molecule has 4 aliphatic carbocycles. The van der Waals surface area contributed by atoms with Gasteiger partial charge in [-0.25, -0.2) is 4.39 Å². The van der Waals surface area contributed by atoms with Crippen LogP contribution >= 0.6 is 103 Å². The quantitative estimate of drug-likeness (QED) is 0.0226. The van der Waals surface area contributed by atoms with E-state index in [1.807, 2.05) is 167 Å². The van der Waals surface area contributed by atoms with Gasteiger partial charge >= 0.3 is 0 Å². The van der Waals surface area contributed by atoms with Gasteiger partial charge in [-0.05, 0) is 201 Å². The van der Waals surface area contributed by atoms with Crippen LogP contribution in [-0.2, 0) is 61.0 Å². The van der Waals surface area contributed by atoms with E-state index in [1.54, 1.807) is 79.8 Å². The van der Waals surface area contributed by atoms with Gasteiger partial charge in [0, 0.05) is 104 Å². The van der Waals surface area contributed by atoms with E-state index < -0.39 is 47.8 Å². The summed E-state index contributed by atoms with van der Waals surface area (Å²) in [4.78, 5) is 144. The molecule has 11 aromatic rings. The first-order valence-corrected chi connectivity index (χ1v) is 55.7. The molecule has 16 rings (SSSR count). The van der Waals surface area contributed by atoms with Crippen molar-refractivity contribution in [3.05, 3.63) is 288 Å². The number of nitrogens with zero attached hydrogens (tertiary/aromatic N) is 6. The van der Waals surface area contributed by atoms with Gasteiger partial charge in [-0.3, -0.25) is 67.5 Å². The molecule has 0 bridgehead atoms. The number of fused-ring (bicyclic) bond motifs is 1. The van der Waals surface area contributed by atoms with Crippen molar-refractivity contribution < 1.29 is 71.3 Å². The molecule has 5 heterocycles. The highest BCUT2D eigenvalue weighted by Gasteiger charge is 2.42. The molecule has 1 aliphatic heterocycles. The van der Waals surface area contributed by atoms with Crippen LogP contribution in [0.25, 0.3) is 0 Å². The number of benzene rings is 7. The number of ether oxygens (including phenoxy) is 4. The molecule has 7 aromatic carbocycles. The Labute approximate surface area is 895 Å². The van der Waals surface area contributed by atoms with Gasteiger partial charge in [0.1, 0.15) is 76.9 Å². The topological polar surface area (TPSA) is 287 Å². The maximum atomic E-state index is 14.8. The smallest absolute Gasteiger partial charge is 0.248 e. The molecule has 4 aromatic heterocycles. The van der Waals surface area contributed by atoms with E-state index in [2.05, 4.69) is 45.3 Å². The van der Waals surface area contributed by atoms with E-state index in [1.165, 1.54) is 109 Å². The first-order chi connectivity index (χ1) is 71.1. The molecule has 10 amide bonds. The molecule has 4 saturated carbocycles. The average Bonchev–Trinajstić information content (AvgIpc) is 1.52. The normalized spacial score (nSPS) is 15.0. The first kappa shape index (κ1) is 113. The second-order valence-corrected chi connectivity index (χ2v) is 40.8. The highest BCUT2D eigenvalue weighted by molar-refractivity contribution is 7.11. The van der Waals surface area contributed by atoms with E-state index in [4.69, 9.17) is 77.0 Å². The second-order valence-electron chi connectivity index (χ2n) is 35.5. The van der Waals surface area contributed by atoms with Gasteiger partial charge in [0.05, 0.1) is 19.9 Å². The molecule has 5 atom stereocenters. The molecular weight excluding hydrogens is 2040 g/mol. The van der Waals surface area contributed by atoms with Gasteiger partial charge in [0.2, 0.25) is 65.9 Å². The molecule has 5 N–H and O–H groups in total. The van der Waals surface area contributed by atoms with Crippen molar-refractivity contribution >= 4 is 191 Å². The monoisotopic (exact) mass is 2160 g/mol. The standard InChI is InChI=1S/C25H22ClFN2O4.C24H32ClN3O2S.2C21H25ClN2O3S.C20H23ClN2O2S/c26-13-23(30)29(15-18-10-11-21-22(12-18)33-16-32-21)24(19-8-4-5-9-20(19)27)25(31)28-14-17-6-2-1-3-7-17;1-3-27(4-2)19-12-14-20(15-13-19)28(22(29)17-25)23(21-11-8-16-31-21)24(30)26-18-9-6-5-7-10-18;1-27-17-10-5-9-16(13-17)24(19(25)14-22)20(18-11-6-12-28-18)21(26)23-15-7-3-2-4-8-15;1-27-17-11-6-5-10-16(17)24(19(25)14-22)20(18-12-7-13-28-18)21(26)23-15-8-3-2-4-9-15;21-14-18(24)23(16-10-5-2-6-11-16)19(17-12-7-13-26-17)20(25)22-15-8-3-1-4-9-15/h1-12,24H,13-16H2,(H,28,31);8,11-16,18,23H,3-7,9-10,17H2,1-2H3,(H,26,30);5-6,9-13,15,20H,2-4,7-8,14H2,1H3,(H,23,26);5-7,10-13,15,20H,2-4,8-9,14H2,1H3,(H,23,26);2,5-7,10-13,15,19H,1,3-4,8-9,14H2,(H,22,25). The number of para-hydroxylation sites is 3. The largest absolute Gasteiger partial charge is 0.497 e. The summed E-state index contributed by atoms with van der Waals surface area (Å²) in [6.45, 7) is 6.41. The Kier molecular flexibility index (Phi) is 46.1. The fourth-order valence-corrected chi connectivity index (χ4v) is 22.6. The summed E-state index contributed by atoms with van der Waals surface area (Å²) in [6.07, 6.45) is 21.7. The molecule has 5 aliphatic rings. The number of amides is 10. The van der Waals surface area contributed by atoms with Crippen LogP contribution in [0.2, 0.25) is 0 Å². The van der Waals surface area contributed by atoms with Crippen molar-refractivity contribution in [3.8, 4) is 23.0 Å². The highest BCUT2D eigenvalue weighted by Crippen LogP contribution is 2.42. The number of halogens is 6. The Morgan fingerprint density at radius 2 is 0.747 bits per heavy atom. The van der Waals surface area contributed by atoms with Gasteiger partial charge in [-0.1, -0.05) is 192 Å². The molecule has 0 spiro atoms. The molecule has 25 nitrogen and oxygen atoms in total. The van der Waals surface area contributed by atoms with Crippen molar-refractivity contribution in [2.75, 3.05) is 88.0 Å². The SMILES string of the molecule is CCN(CC)c1ccc(N(C(=O)CCl)C(C(=O)NC2CCCCC2)c2cccs2)cc1.COc1cccc(N(C(=O)CCl)C(C(=O)NC2CCCCC2)c2cccs2)c1.COc1ccccc1N(C(=O)CCl)C(C(=O)NC1CCCCC1)c1cccs1.O=C(NC1CCCCC1)C(c1cccs1)N(C(=O)CCl)c1ccccc1.O=C(NCc1ccccc1)C(c1ccccc1F)N(Cc1ccc2c(c1)OCO2)C(=O)CCl. The average molecular weight is 2160 g/mol. The van der Waals surface area contributed by atoms with Crippen LogP contribution < -0.4 is 70.0 Å². The fraction of sp³-hybridized carbons (Fsp3) is 0.387. The first-order valence-electron chi connectivity index (χ1n) is 49.5. The summed E-state index contributed by atoms with van der Waals surface area (Å²) in [7, 11) is 3.11. The summed E-state index contributed by atoms with van der Waals surface area (Å²) in [6, 6.07) is 63.5. The van der Waals surface area contributed by atoms with E-state index in [0.29, 0.717) is 51.3 Å². The Bertz CT molecular complexity index is 5930. The minimum Gasteiger partial charge on any atom is -0.497 e. The van der Waals surface area contributed by atoms with Crippen LogP contribution in [0.1, 0.15) is 209 Å². The number of hydrogen-bond donors (Lipinski definition) is 5. The number of hydrogen-bond acceptors (Lipinski definition) is 19. The lowest BCUT2D eigenvalue weighted by molar-refractivity contribution is -0.140. The second kappa shape index (κ2) is 59.4. The van der Waals surface area contributed by atoms with Crippen molar-refractivity contribution in [3.63, 3.8) is 0 Å². The number of rotatable bonds is 37. The number of carbonyl (C=O) groups is 10. The lowest BCUT2D eigenvalue weighted by Gasteiger charge is -2.33. The maximum Gasteiger partial charge on any atom is 0.248 e. The number of thiophene rings is 4.